The molecule has 1 atom stereocenters. The summed E-state index contributed by atoms with van der Waals surface area (Å²) in [4.78, 5) is 11.1. The lowest BCUT2D eigenvalue weighted by atomic mass is 10.3. The van der Waals surface area contributed by atoms with Crippen LogP contribution in [0.15, 0.2) is 10.7 Å². The highest BCUT2D eigenvalue weighted by Gasteiger charge is 2.17. The molecule has 0 radical (unpaired) electrons. The lowest BCUT2D eigenvalue weighted by Gasteiger charge is -2.30. The molecule has 1 aromatic heterocycles. The Morgan fingerprint density at radius 1 is 1.32 bits per heavy atom. The Kier molecular flexibility index (Phi) is 7.27. The van der Waals surface area contributed by atoms with Gasteiger partial charge >= 0.3 is 0 Å². The van der Waals surface area contributed by atoms with Crippen LogP contribution in [-0.2, 0) is 15.9 Å². The van der Waals surface area contributed by atoms with Gasteiger partial charge in [0.15, 0.2) is 0 Å². The first-order valence-corrected chi connectivity index (χ1v) is 7.19. The number of ether oxygens (including phenoxy) is 2. The van der Waals surface area contributed by atoms with Crippen molar-refractivity contribution in [2.24, 2.45) is 0 Å². The Morgan fingerprint density at radius 3 is 2.63 bits per heavy atom. The maximum absolute atomic E-state index is 5.24. The van der Waals surface area contributed by atoms with E-state index < -0.39 is 0 Å². The molecule has 0 aliphatic heterocycles. The zero-order valence-electron chi connectivity index (χ0n) is 12.0. The maximum atomic E-state index is 5.24. The van der Waals surface area contributed by atoms with Crippen LogP contribution in [-0.4, -0.2) is 50.0 Å². The molecule has 0 N–H and O–H groups in total. The Balaban J connectivity index is 2.97. The molecule has 0 saturated carbocycles. The summed E-state index contributed by atoms with van der Waals surface area (Å²) < 4.78 is 11.2. The Hall–Kier alpha value is -0.720. The van der Waals surface area contributed by atoms with E-state index in [0.29, 0.717) is 13.2 Å². The highest BCUT2D eigenvalue weighted by atomic mass is 79.9. The third kappa shape index (κ3) is 5.04. The maximum Gasteiger partial charge on any atom is 0.133 e. The van der Waals surface area contributed by atoms with E-state index in [1.807, 2.05) is 13.0 Å². The standard InChI is InChI=1S/C13H22BrN3O2/c1-5-12-15-11(14)8-13(16-12)17(6-7-18-3)10(2)9-19-4/h8,10H,5-7,9H2,1-4H3. The van der Waals surface area contributed by atoms with Crippen LogP contribution in [0.3, 0.4) is 0 Å². The Morgan fingerprint density at radius 2 is 2.05 bits per heavy atom. The third-order valence-corrected chi connectivity index (χ3v) is 3.22. The van der Waals surface area contributed by atoms with Crippen molar-refractivity contribution in [2.45, 2.75) is 26.3 Å². The van der Waals surface area contributed by atoms with Crippen LogP contribution in [0.25, 0.3) is 0 Å². The van der Waals surface area contributed by atoms with Crippen molar-refractivity contribution in [3.05, 3.63) is 16.5 Å². The van der Waals surface area contributed by atoms with Gasteiger partial charge in [-0.25, -0.2) is 9.97 Å². The summed E-state index contributed by atoms with van der Waals surface area (Å²) in [5.74, 6) is 1.73. The SMILES string of the molecule is CCc1nc(Br)cc(N(CCOC)C(C)COC)n1. The highest BCUT2D eigenvalue weighted by molar-refractivity contribution is 9.10. The molecule has 6 heteroatoms. The molecule has 0 aliphatic carbocycles. The van der Waals surface area contributed by atoms with Crippen LogP contribution in [0.2, 0.25) is 0 Å². The number of hydrogen-bond donors (Lipinski definition) is 0. The van der Waals surface area contributed by atoms with Crippen molar-refractivity contribution in [1.29, 1.82) is 0 Å². The molecule has 1 aromatic rings. The fraction of sp³-hybridized carbons (Fsp3) is 0.692. The third-order valence-electron chi connectivity index (χ3n) is 2.81. The van der Waals surface area contributed by atoms with Gasteiger partial charge in [0, 0.05) is 33.3 Å². The van der Waals surface area contributed by atoms with Crippen LogP contribution >= 0.6 is 15.9 Å². The largest absolute Gasteiger partial charge is 0.383 e. The van der Waals surface area contributed by atoms with Gasteiger partial charge in [-0.05, 0) is 22.9 Å². The molecule has 0 fully saturated rings. The van der Waals surface area contributed by atoms with E-state index in [9.17, 15) is 0 Å². The van der Waals surface area contributed by atoms with E-state index in [1.165, 1.54) is 0 Å². The molecule has 1 unspecified atom stereocenters. The van der Waals surface area contributed by atoms with Gasteiger partial charge in [-0.1, -0.05) is 6.92 Å². The second kappa shape index (κ2) is 8.45. The van der Waals surface area contributed by atoms with Gasteiger partial charge in [0.05, 0.1) is 19.3 Å². The van der Waals surface area contributed by atoms with Gasteiger partial charge in [0.25, 0.3) is 0 Å². The molecule has 5 nitrogen and oxygen atoms in total. The summed E-state index contributed by atoms with van der Waals surface area (Å²) in [7, 11) is 3.41. The molecule has 1 heterocycles. The number of methoxy groups -OCH3 is 2. The second-order valence-electron chi connectivity index (χ2n) is 4.31. The lowest BCUT2D eigenvalue weighted by molar-refractivity contribution is 0.170. The van der Waals surface area contributed by atoms with Crippen molar-refractivity contribution in [2.75, 3.05) is 38.9 Å². The zero-order valence-corrected chi connectivity index (χ0v) is 13.6. The van der Waals surface area contributed by atoms with E-state index in [-0.39, 0.29) is 6.04 Å². The Labute approximate surface area is 123 Å². The summed E-state index contributed by atoms with van der Waals surface area (Å²) in [6, 6.07) is 2.16. The van der Waals surface area contributed by atoms with Crippen molar-refractivity contribution in [3.8, 4) is 0 Å². The summed E-state index contributed by atoms with van der Waals surface area (Å²) >= 11 is 3.44. The second-order valence-corrected chi connectivity index (χ2v) is 5.12. The van der Waals surface area contributed by atoms with Gasteiger partial charge in [-0.3, -0.25) is 0 Å². The molecule has 0 bridgehead atoms. The predicted octanol–water partition coefficient (Wildman–Crippen LogP) is 2.29. The molecule has 0 spiro atoms. The molecule has 1 rings (SSSR count). The van der Waals surface area contributed by atoms with Crippen LogP contribution in [0, 0.1) is 0 Å². The topological polar surface area (TPSA) is 47.5 Å². The molecule has 0 aliphatic rings. The van der Waals surface area contributed by atoms with E-state index in [0.717, 1.165) is 29.2 Å². The predicted molar refractivity (Wildman–Crippen MR) is 79.7 cm³/mol. The first-order chi connectivity index (χ1) is 9.12. The van der Waals surface area contributed by atoms with E-state index in [2.05, 4.69) is 37.7 Å². The Bertz CT molecular complexity index is 390. The van der Waals surface area contributed by atoms with Gasteiger partial charge in [0.2, 0.25) is 0 Å². The smallest absolute Gasteiger partial charge is 0.133 e. The van der Waals surface area contributed by atoms with Crippen molar-refractivity contribution in [3.63, 3.8) is 0 Å². The number of halogens is 1. The summed E-state index contributed by atoms with van der Waals surface area (Å²) in [6.07, 6.45) is 0.809. The van der Waals surface area contributed by atoms with Crippen LogP contribution in [0.4, 0.5) is 5.82 Å². The van der Waals surface area contributed by atoms with E-state index in [4.69, 9.17) is 9.47 Å². The van der Waals surface area contributed by atoms with Crippen molar-refractivity contribution < 1.29 is 9.47 Å². The molecular formula is C13H22BrN3O2. The zero-order chi connectivity index (χ0) is 14.3. The number of nitrogens with zero attached hydrogens (tertiary/aromatic N) is 3. The van der Waals surface area contributed by atoms with E-state index in [1.54, 1.807) is 14.2 Å². The van der Waals surface area contributed by atoms with Crippen LogP contribution in [0.5, 0.6) is 0 Å². The van der Waals surface area contributed by atoms with Crippen molar-refractivity contribution >= 4 is 21.7 Å². The number of anilines is 1. The minimum absolute atomic E-state index is 0.228. The van der Waals surface area contributed by atoms with Gasteiger partial charge in [-0.15, -0.1) is 0 Å². The van der Waals surface area contributed by atoms with Crippen LogP contribution in [0.1, 0.15) is 19.7 Å². The van der Waals surface area contributed by atoms with E-state index >= 15 is 0 Å². The highest BCUT2D eigenvalue weighted by Crippen LogP contribution is 2.19. The summed E-state index contributed by atoms with van der Waals surface area (Å²) in [6.45, 7) is 6.22. The molecule has 0 aromatic carbocycles. The monoisotopic (exact) mass is 331 g/mol. The van der Waals surface area contributed by atoms with Gasteiger partial charge < -0.3 is 14.4 Å². The average Bonchev–Trinajstić information content (AvgIpc) is 2.39. The van der Waals surface area contributed by atoms with Crippen molar-refractivity contribution in [1.82, 2.24) is 9.97 Å². The first-order valence-electron chi connectivity index (χ1n) is 6.40. The summed E-state index contributed by atoms with van der Waals surface area (Å²) in [5, 5.41) is 0. The lowest BCUT2D eigenvalue weighted by Crippen LogP contribution is -2.39. The molecular weight excluding hydrogens is 310 g/mol. The minimum atomic E-state index is 0.228. The number of rotatable bonds is 8. The average molecular weight is 332 g/mol. The molecule has 108 valence electrons. The summed E-state index contributed by atoms with van der Waals surface area (Å²) in [5.41, 5.74) is 0. The molecule has 0 amide bonds. The fourth-order valence-corrected chi connectivity index (χ4v) is 2.25. The normalized spacial score (nSPS) is 12.5. The van der Waals surface area contributed by atoms with Crippen LogP contribution < -0.4 is 4.90 Å². The fourth-order valence-electron chi connectivity index (χ4n) is 1.84. The molecule has 0 saturated heterocycles. The van der Waals surface area contributed by atoms with Gasteiger partial charge in [0.1, 0.15) is 16.2 Å². The molecule has 19 heavy (non-hydrogen) atoms. The number of aryl methyl sites for hydroxylation is 1. The minimum Gasteiger partial charge on any atom is -0.383 e. The quantitative estimate of drug-likeness (QED) is 0.684. The number of aromatic nitrogens is 2. The number of hydrogen-bond acceptors (Lipinski definition) is 5. The first kappa shape index (κ1) is 16.3. The van der Waals surface area contributed by atoms with Gasteiger partial charge in [-0.2, -0.15) is 0 Å².